The van der Waals surface area contributed by atoms with Crippen LogP contribution in [0.2, 0.25) is 0 Å². The Balaban J connectivity index is 2.67. The monoisotopic (exact) mass is 240 g/mol. The average Bonchev–Trinajstić information content (AvgIpc) is 2.31. The van der Waals surface area contributed by atoms with E-state index in [0.717, 1.165) is 5.56 Å². The molecule has 0 aliphatic heterocycles. The molecule has 0 fully saturated rings. The van der Waals surface area contributed by atoms with Gasteiger partial charge in [-0.1, -0.05) is 0 Å². The van der Waals surface area contributed by atoms with Crippen LogP contribution in [0.15, 0.2) is 18.2 Å². The number of benzene rings is 1. The Bertz CT molecular complexity index is 345. The van der Waals surface area contributed by atoms with Gasteiger partial charge >= 0.3 is 0 Å². The third-order valence-corrected chi connectivity index (χ3v) is 2.53. The van der Waals surface area contributed by atoms with Gasteiger partial charge in [0.2, 0.25) is 0 Å². The van der Waals surface area contributed by atoms with Crippen LogP contribution in [0.25, 0.3) is 0 Å². The maximum atomic E-state index is 9.70. The fourth-order valence-corrected chi connectivity index (χ4v) is 1.60. The molecule has 0 aliphatic rings. The lowest BCUT2D eigenvalue weighted by Gasteiger charge is -2.21. The van der Waals surface area contributed by atoms with Gasteiger partial charge in [-0.25, -0.2) is 0 Å². The molecule has 0 aliphatic carbocycles. The molecule has 0 spiro atoms. The molecule has 0 bridgehead atoms. The van der Waals surface area contributed by atoms with E-state index in [9.17, 15) is 5.11 Å². The number of nitrogens with zero attached hydrogens (tertiary/aromatic N) is 1. The smallest absolute Gasteiger partial charge is 0.120 e. The number of nitrogens with two attached hydrogens (primary N) is 1. The maximum absolute atomic E-state index is 9.70. The number of nitrogen functional groups attached to an aromatic ring is 1. The topological polar surface area (TPSA) is 79.0 Å². The second kappa shape index (κ2) is 7.11. The van der Waals surface area contributed by atoms with Crippen molar-refractivity contribution in [2.45, 2.75) is 6.54 Å². The summed E-state index contributed by atoms with van der Waals surface area (Å²) in [4.78, 5) is 2.00. The largest absolute Gasteiger partial charge is 0.508 e. The number of aromatic hydroxyl groups is 1. The van der Waals surface area contributed by atoms with Crippen molar-refractivity contribution in [2.75, 3.05) is 39.1 Å². The van der Waals surface area contributed by atoms with Gasteiger partial charge in [0.25, 0.3) is 0 Å². The van der Waals surface area contributed by atoms with Gasteiger partial charge in [0.05, 0.1) is 13.2 Å². The van der Waals surface area contributed by atoms with Crippen molar-refractivity contribution < 1.29 is 14.9 Å². The Morgan fingerprint density at radius 1 is 1.35 bits per heavy atom. The first kappa shape index (κ1) is 13.8. The summed E-state index contributed by atoms with van der Waals surface area (Å²) in [6.45, 7) is 2.44. The molecule has 4 N–H and O–H groups in total. The molecule has 0 unspecified atom stereocenters. The first-order valence-electron chi connectivity index (χ1n) is 5.57. The number of hydrogen-bond acceptors (Lipinski definition) is 5. The summed E-state index contributed by atoms with van der Waals surface area (Å²) in [6.07, 6.45) is 0. The fourth-order valence-electron chi connectivity index (χ4n) is 1.60. The Kier molecular flexibility index (Phi) is 5.76. The molecule has 17 heavy (non-hydrogen) atoms. The van der Waals surface area contributed by atoms with E-state index in [1.165, 1.54) is 0 Å². The van der Waals surface area contributed by atoms with E-state index in [1.807, 2.05) is 4.90 Å². The Labute approximate surface area is 101 Å². The summed E-state index contributed by atoms with van der Waals surface area (Å²) in [5.41, 5.74) is 7.05. The zero-order valence-electron chi connectivity index (χ0n) is 10.1. The Hall–Kier alpha value is -1.30. The molecule has 5 nitrogen and oxygen atoms in total. The van der Waals surface area contributed by atoms with Gasteiger partial charge in [0, 0.05) is 38.0 Å². The Morgan fingerprint density at radius 2 is 2.12 bits per heavy atom. The van der Waals surface area contributed by atoms with Crippen molar-refractivity contribution >= 4 is 5.69 Å². The molecule has 0 aromatic heterocycles. The number of ether oxygens (including phenoxy) is 1. The third-order valence-electron chi connectivity index (χ3n) is 2.53. The van der Waals surface area contributed by atoms with Crippen LogP contribution in [0, 0.1) is 0 Å². The van der Waals surface area contributed by atoms with Gasteiger partial charge in [0.1, 0.15) is 5.75 Å². The summed E-state index contributed by atoms with van der Waals surface area (Å²) >= 11 is 0. The van der Waals surface area contributed by atoms with E-state index in [2.05, 4.69) is 0 Å². The lowest BCUT2D eigenvalue weighted by molar-refractivity contribution is 0.126. The van der Waals surface area contributed by atoms with Crippen LogP contribution in [0.1, 0.15) is 5.56 Å². The van der Waals surface area contributed by atoms with E-state index in [4.69, 9.17) is 15.6 Å². The predicted molar refractivity (Wildman–Crippen MR) is 66.8 cm³/mol. The van der Waals surface area contributed by atoms with Crippen molar-refractivity contribution in [3.63, 3.8) is 0 Å². The molecule has 0 radical (unpaired) electrons. The fraction of sp³-hybridized carbons (Fsp3) is 0.500. The van der Waals surface area contributed by atoms with Crippen LogP contribution in [0.4, 0.5) is 5.69 Å². The molecular weight excluding hydrogens is 220 g/mol. The minimum Gasteiger partial charge on any atom is -0.508 e. The average molecular weight is 240 g/mol. The van der Waals surface area contributed by atoms with E-state index in [0.29, 0.717) is 31.9 Å². The highest BCUT2D eigenvalue weighted by molar-refractivity contribution is 5.47. The number of aliphatic hydroxyl groups excluding tert-OH is 1. The quantitative estimate of drug-likeness (QED) is 0.475. The van der Waals surface area contributed by atoms with E-state index in [1.54, 1.807) is 25.3 Å². The molecule has 0 heterocycles. The molecule has 0 saturated carbocycles. The predicted octanol–water partition coefficient (Wildman–Crippen LogP) is 0.415. The highest BCUT2D eigenvalue weighted by Crippen LogP contribution is 2.21. The normalized spacial score (nSPS) is 11.0. The number of anilines is 1. The summed E-state index contributed by atoms with van der Waals surface area (Å²) in [6, 6.07) is 4.98. The highest BCUT2D eigenvalue weighted by atomic mass is 16.5. The minimum absolute atomic E-state index is 0.0762. The van der Waals surface area contributed by atoms with Gasteiger partial charge in [-0.2, -0.15) is 0 Å². The second-order valence-corrected chi connectivity index (χ2v) is 3.88. The minimum atomic E-state index is 0.0762. The van der Waals surface area contributed by atoms with E-state index in [-0.39, 0.29) is 12.4 Å². The summed E-state index contributed by atoms with van der Waals surface area (Å²) < 4.78 is 5.00. The number of hydrogen-bond donors (Lipinski definition) is 3. The molecule has 0 amide bonds. The molecule has 96 valence electrons. The highest BCUT2D eigenvalue weighted by Gasteiger charge is 2.08. The van der Waals surface area contributed by atoms with Crippen molar-refractivity contribution in [2.24, 2.45) is 0 Å². The summed E-state index contributed by atoms with van der Waals surface area (Å²) in [5, 5.41) is 18.7. The van der Waals surface area contributed by atoms with Crippen LogP contribution in [-0.4, -0.2) is 48.5 Å². The van der Waals surface area contributed by atoms with Gasteiger partial charge < -0.3 is 20.7 Å². The molecule has 1 aromatic carbocycles. The van der Waals surface area contributed by atoms with Crippen molar-refractivity contribution in [3.05, 3.63) is 23.8 Å². The lowest BCUT2D eigenvalue weighted by atomic mass is 10.1. The van der Waals surface area contributed by atoms with Crippen LogP contribution in [0.5, 0.6) is 5.75 Å². The molecule has 1 rings (SSSR count). The van der Waals surface area contributed by atoms with Gasteiger partial charge in [-0.3, -0.25) is 4.90 Å². The zero-order chi connectivity index (χ0) is 12.7. The van der Waals surface area contributed by atoms with E-state index < -0.39 is 0 Å². The van der Waals surface area contributed by atoms with E-state index >= 15 is 0 Å². The van der Waals surface area contributed by atoms with Crippen LogP contribution in [-0.2, 0) is 11.3 Å². The van der Waals surface area contributed by atoms with Crippen LogP contribution >= 0.6 is 0 Å². The van der Waals surface area contributed by atoms with Crippen LogP contribution < -0.4 is 5.73 Å². The number of aliphatic hydroxyl groups is 1. The molecular formula is C12H20N2O3. The second-order valence-electron chi connectivity index (χ2n) is 3.88. The standard InChI is InChI=1S/C12H20N2O3/c1-17-7-5-14(4-6-15)9-10-8-11(13)2-3-12(10)16/h2-3,8,15-16H,4-7,9,13H2,1H3. The molecule has 0 atom stereocenters. The zero-order valence-corrected chi connectivity index (χ0v) is 10.1. The molecule has 0 saturated heterocycles. The number of methoxy groups -OCH3 is 1. The number of phenolic OH excluding ortho intramolecular Hbond substituents is 1. The Morgan fingerprint density at radius 3 is 2.76 bits per heavy atom. The van der Waals surface area contributed by atoms with Crippen molar-refractivity contribution in [3.8, 4) is 5.75 Å². The summed E-state index contributed by atoms with van der Waals surface area (Å²) in [7, 11) is 1.63. The van der Waals surface area contributed by atoms with Crippen molar-refractivity contribution in [1.29, 1.82) is 0 Å². The van der Waals surface area contributed by atoms with Crippen molar-refractivity contribution in [1.82, 2.24) is 4.90 Å². The molecule has 1 aromatic rings. The SMILES string of the molecule is COCCN(CCO)Cc1cc(N)ccc1O. The number of rotatable bonds is 7. The number of phenols is 1. The molecule has 5 heteroatoms. The lowest BCUT2D eigenvalue weighted by Crippen LogP contribution is -2.29. The van der Waals surface area contributed by atoms with Gasteiger partial charge in [-0.15, -0.1) is 0 Å². The van der Waals surface area contributed by atoms with Gasteiger partial charge in [0.15, 0.2) is 0 Å². The van der Waals surface area contributed by atoms with Crippen LogP contribution in [0.3, 0.4) is 0 Å². The van der Waals surface area contributed by atoms with Gasteiger partial charge in [-0.05, 0) is 18.2 Å². The first-order chi connectivity index (χ1) is 8.17. The summed E-state index contributed by atoms with van der Waals surface area (Å²) in [5.74, 6) is 0.222. The maximum Gasteiger partial charge on any atom is 0.120 e. The third kappa shape index (κ3) is 4.60. The first-order valence-corrected chi connectivity index (χ1v) is 5.57.